The maximum atomic E-state index is 11.5. The average molecular weight is 246 g/mol. The summed E-state index contributed by atoms with van der Waals surface area (Å²) in [5.74, 6) is 1.18. The number of nitrogens with one attached hydrogen (secondary N) is 2. The van der Waals surface area contributed by atoms with Crippen LogP contribution in [0.25, 0.3) is 0 Å². The third kappa shape index (κ3) is 3.33. The van der Waals surface area contributed by atoms with Crippen LogP contribution < -0.4 is 10.6 Å². The first kappa shape index (κ1) is 13.1. The molecular weight excluding hydrogens is 224 g/mol. The molecule has 0 aromatic heterocycles. The zero-order valence-electron chi connectivity index (χ0n) is 11.2. The summed E-state index contributed by atoms with van der Waals surface area (Å²) in [7, 11) is 0. The number of rotatable bonds is 6. The Hall–Kier alpha value is -1.35. The molecule has 2 N–H and O–H groups in total. The molecule has 0 bridgehead atoms. The fourth-order valence-electron chi connectivity index (χ4n) is 2.29. The van der Waals surface area contributed by atoms with Gasteiger partial charge in [-0.15, -0.1) is 0 Å². The van der Waals surface area contributed by atoms with Crippen molar-refractivity contribution in [2.75, 3.05) is 19.6 Å². The predicted octanol–water partition coefficient (Wildman–Crippen LogP) is 1.69. The molecule has 0 saturated heterocycles. The second-order valence-corrected chi connectivity index (χ2v) is 5.43. The number of amides is 1. The lowest BCUT2D eigenvalue weighted by Gasteiger charge is -2.30. The van der Waals surface area contributed by atoms with Crippen LogP contribution in [0.4, 0.5) is 0 Å². The van der Waals surface area contributed by atoms with Gasteiger partial charge >= 0.3 is 0 Å². The third-order valence-electron chi connectivity index (χ3n) is 3.35. The van der Waals surface area contributed by atoms with Gasteiger partial charge < -0.3 is 10.6 Å². The molecule has 98 valence electrons. The Morgan fingerprint density at radius 1 is 1.39 bits per heavy atom. The topological polar surface area (TPSA) is 41.1 Å². The number of fused-ring (bicyclic) bond motifs is 1. The molecular formula is C15H22N2O. The second-order valence-electron chi connectivity index (χ2n) is 5.43. The standard InChI is InChI=1S/C15H22N2O/c1-11(2)8-17-15(18)10-16-9-13-7-12-5-3-4-6-14(12)13/h3-6,11,13,16H,7-10H2,1-2H3,(H,17,18). The molecule has 1 unspecified atom stereocenters. The summed E-state index contributed by atoms with van der Waals surface area (Å²) in [5, 5.41) is 6.15. The van der Waals surface area contributed by atoms with Crippen molar-refractivity contribution in [3.05, 3.63) is 35.4 Å². The van der Waals surface area contributed by atoms with Crippen molar-refractivity contribution < 1.29 is 4.79 Å². The Morgan fingerprint density at radius 2 is 2.17 bits per heavy atom. The zero-order valence-corrected chi connectivity index (χ0v) is 11.2. The summed E-state index contributed by atoms with van der Waals surface area (Å²) in [6.45, 7) is 6.27. The van der Waals surface area contributed by atoms with Crippen molar-refractivity contribution >= 4 is 5.91 Å². The van der Waals surface area contributed by atoms with Crippen molar-refractivity contribution in [2.24, 2.45) is 5.92 Å². The number of carbonyl (C=O) groups excluding carboxylic acids is 1. The van der Waals surface area contributed by atoms with E-state index in [0.29, 0.717) is 18.4 Å². The maximum absolute atomic E-state index is 11.5. The van der Waals surface area contributed by atoms with E-state index in [9.17, 15) is 4.79 Å². The third-order valence-corrected chi connectivity index (χ3v) is 3.35. The van der Waals surface area contributed by atoms with E-state index < -0.39 is 0 Å². The van der Waals surface area contributed by atoms with Gasteiger partial charge in [0.2, 0.25) is 5.91 Å². The molecule has 3 heteroatoms. The highest BCUT2D eigenvalue weighted by atomic mass is 16.1. The van der Waals surface area contributed by atoms with Crippen molar-refractivity contribution in [2.45, 2.75) is 26.2 Å². The summed E-state index contributed by atoms with van der Waals surface area (Å²) in [6, 6.07) is 8.54. The normalized spacial score (nSPS) is 17.2. The van der Waals surface area contributed by atoms with Crippen LogP contribution in [0, 0.1) is 5.92 Å². The fourth-order valence-corrected chi connectivity index (χ4v) is 2.29. The van der Waals surface area contributed by atoms with Crippen LogP contribution in [0.15, 0.2) is 24.3 Å². The Balaban J connectivity index is 1.64. The highest BCUT2D eigenvalue weighted by Gasteiger charge is 2.24. The number of benzene rings is 1. The second kappa shape index (κ2) is 6.01. The number of hydrogen-bond acceptors (Lipinski definition) is 2. The molecule has 2 rings (SSSR count). The van der Waals surface area contributed by atoms with Gasteiger partial charge in [0.05, 0.1) is 6.54 Å². The van der Waals surface area contributed by atoms with Gasteiger partial charge in [-0.3, -0.25) is 4.79 Å². The first-order valence-corrected chi connectivity index (χ1v) is 6.72. The van der Waals surface area contributed by atoms with Gasteiger partial charge in [-0.25, -0.2) is 0 Å². The molecule has 0 saturated carbocycles. The Kier molecular flexibility index (Phi) is 4.37. The van der Waals surface area contributed by atoms with Gasteiger partial charge in [0.15, 0.2) is 0 Å². The predicted molar refractivity (Wildman–Crippen MR) is 73.6 cm³/mol. The van der Waals surface area contributed by atoms with Crippen LogP contribution >= 0.6 is 0 Å². The van der Waals surface area contributed by atoms with E-state index in [2.05, 4.69) is 48.7 Å². The Labute approximate surface area is 109 Å². The SMILES string of the molecule is CC(C)CNC(=O)CNCC1Cc2ccccc21. The van der Waals surface area contributed by atoms with Crippen molar-refractivity contribution in [1.29, 1.82) is 0 Å². The lowest BCUT2D eigenvalue weighted by atomic mass is 9.78. The lowest BCUT2D eigenvalue weighted by molar-refractivity contribution is -0.120. The van der Waals surface area contributed by atoms with Crippen LogP contribution in [0.2, 0.25) is 0 Å². The monoisotopic (exact) mass is 246 g/mol. The van der Waals surface area contributed by atoms with Crippen molar-refractivity contribution in [3.63, 3.8) is 0 Å². The molecule has 1 aliphatic rings. The van der Waals surface area contributed by atoms with Crippen LogP contribution in [-0.4, -0.2) is 25.5 Å². The quantitative estimate of drug-likeness (QED) is 0.802. The summed E-state index contributed by atoms with van der Waals surface area (Å²) >= 11 is 0. The minimum absolute atomic E-state index is 0.0938. The first-order chi connectivity index (χ1) is 8.66. The van der Waals surface area contributed by atoms with E-state index >= 15 is 0 Å². The van der Waals surface area contributed by atoms with E-state index in [1.165, 1.54) is 11.1 Å². The molecule has 3 nitrogen and oxygen atoms in total. The van der Waals surface area contributed by atoms with E-state index in [1.54, 1.807) is 0 Å². The Bertz CT molecular complexity index is 415. The number of hydrogen-bond donors (Lipinski definition) is 2. The van der Waals surface area contributed by atoms with Gasteiger partial charge in [0.25, 0.3) is 0 Å². The minimum Gasteiger partial charge on any atom is -0.355 e. The van der Waals surface area contributed by atoms with Gasteiger partial charge in [-0.1, -0.05) is 38.1 Å². The molecule has 1 atom stereocenters. The van der Waals surface area contributed by atoms with Gasteiger partial charge in [0.1, 0.15) is 0 Å². The van der Waals surface area contributed by atoms with Crippen LogP contribution in [0.1, 0.15) is 30.9 Å². The summed E-state index contributed by atoms with van der Waals surface area (Å²) in [5.41, 5.74) is 2.89. The largest absolute Gasteiger partial charge is 0.355 e. The zero-order chi connectivity index (χ0) is 13.0. The number of carbonyl (C=O) groups is 1. The summed E-state index contributed by atoms with van der Waals surface area (Å²) < 4.78 is 0. The molecule has 1 aromatic carbocycles. The highest BCUT2D eigenvalue weighted by molar-refractivity contribution is 5.77. The van der Waals surface area contributed by atoms with Crippen LogP contribution in [-0.2, 0) is 11.2 Å². The molecule has 0 radical (unpaired) electrons. The van der Waals surface area contributed by atoms with Crippen LogP contribution in [0.5, 0.6) is 0 Å². The first-order valence-electron chi connectivity index (χ1n) is 6.72. The van der Waals surface area contributed by atoms with E-state index in [4.69, 9.17) is 0 Å². The van der Waals surface area contributed by atoms with Gasteiger partial charge in [0, 0.05) is 19.0 Å². The molecule has 1 amide bonds. The summed E-state index contributed by atoms with van der Waals surface area (Å²) in [4.78, 5) is 11.5. The van der Waals surface area contributed by atoms with E-state index in [-0.39, 0.29) is 5.91 Å². The fraction of sp³-hybridized carbons (Fsp3) is 0.533. The maximum Gasteiger partial charge on any atom is 0.233 e. The molecule has 0 fully saturated rings. The van der Waals surface area contributed by atoms with Gasteiger partial charge in [-0.2, -0.15) is 0 Å². The van der Waals surface area contributed by atoms with Gasteiger partial charge in [-0.05, 0) is 23.5 Å². The molecule has 0 spiro atoms. The molecule has 0 heterocycles. The van der Waals surface area contributed by atoms with Crippen molar-refractivity contribution in [1.82, 2.24) is 10.6 Å². The smallest absolute Gasteiger partial charge is 0.233 e. The Morgan fingerprint density at radius 3 is 2.89 bits per heavy atom. The minimum atomic E-state index is 0.0938. The van der Waals surface area contributed by atoms with E-state index in [0.717, 1.165) is 19.5 Å². The van der Waals surface area contributed by atoms with Crippen molar-refractivity contribution in [3.8, 4) is 0 Å². The highest BCUT2D eigenvalue weighted by Crippen LogP contribution is 2.33. The van der Waals surface area contributed by atoms with E-state index in [1.807, 2.05) is 0 Å². The average Bonchev–Trinajstić information content (AvgIpc) is 2.32. The molecule has 0 aliphatic heterocycles. The molecule has 1 aromatic rings. The molecule has 18 heavy (non-hydrogen) atoms. The lowest BCUT2D eigenvalue weighted by Crippen LogP contribution is -2.38. The molecule has 1 aliphatic carbocycles. The summed E-state index contributed by atoms with van der Waals surface area (Å²) in [6.07, 6.45) is 1.14. The van der Waals surface area contributed by atoms with Crippen LogP contribution in [0.3, 0.4) is 0 Å².